The van der Waals surface area contributed by atoms with Crippen LogP contribution in [0.3, 0.4) is 0 Å². The molecule has 0 heterocycles. The highest BCUT2D eigenvalue weighted by Crippen LogP contribution is 2.20. The van der Waals surface area contributed by atoms with Crippen molar-refractivity contribution in [2.45, 2.75) is 78.2 Å². The van der Waals surface area contributed by atoms with Gasteiger partial charge in [-0.2, -0.15) is 8.42 Å². The Hall–Kier alpha value is -0.170. The standard InChI is InChI=1S/C13H29N.H2O4S/c1-5-6-7-8-9-10-11-12(2)13(3,4)14;1-5(2,3)4/h12H,5-11,14H2,1-4H3;(H2,1,2,3,4). The van der Waals surface area contributed by atoms with E-state index in [4.69, 9.17) is 23.3 Å². The van der Waals surface area contributed by atoms with Gasteiger partial charge in [-0.25, -0.2) is 0 Å². The molecule has 118 valence electrons. The Morgan fingerprint density at radius 2 is 1.42 bits per heavy atom. The molecule has 1 unspecified atom stereocenters. The average Bonchev–Trinajstić information content (AvgIpc) is 2.19. The predicted molar refractivity (Wildman–Crippen MR) is 79.6 cm³/mol. The Labute approximate surface area is 118 Å². The van der Waals surface area contributed by atoms with Gasteiger partial charge in [-0.05, 0) is 26.2 Å². The zero-order valence-electron chi connectivity index (χ0n) is 12.7. The van der Waals surface area contributed by atoms with Gasteiger partial charge in [0.25, 0.3) is 0 Å². The topological polar surface area (TPSA) is 101 Å². The number of nitrogens with two attached hydrogens (primary N) is 1. The van der Waals surface area contributed by atoms with Gasteiger partial charge in [-0.3, -0.25) is 9.11 Å². The summed E-state index contributed by atoms with van der Waals surface area (Å²) in [4.78, 5) is 0. The fourth-order valence-corrected chi connectivity index (χ4v) is 1.60. The van der Waals surface area contributed by atoms with E-state index in [-0.39, 0.29) is 5.54 Å². The minimum absolute atomic E-state index is 0.00339. The molecule has 0 fully saturated rings. The van der Waals surface area contributed by atoms with Crippen LogP contribution in [0.1, 0.15) is 72.6 Å². The van der Waals surface area contributed by atoms with Crippen LogP contribution >= 0.6 is 0 Å². The molecule has 0 rings (SSSR count). The lowest BCUT2D eigenvalue weighted by Gasteiger charge is -2.27. The molecule has 0 aromatic rings. The molecule has 0 radical (unpaired) electrons. The fourth-order valence-electron chi connectivity index (χ4n) is 1.60. The largest absolute Gasteiger partial charge is 0.394 e. The van der Waals surface area contributed by atoms with Crippen molar-refractivity contribution in [2.75, 3.05) is 0 Å². The molecule has 1 atom stereocenters. The summed E-state index contributed by atoms with van der Waals surface area (Å²) in [7, 11) is -4.67. The van der Waals surface area contributed by atoms with Gasteiger partial charge in [0.05, 0.1) is 0 Å². The number of hydrogen-bond donors (Lipinski definition) is 3. The van der Waals surface area contributed by atoms with Gasteiger partial charge in [0, 0.05) is 5.54 Å². The highest BCUT2D eigenvalue weighted by Gasteiger charge is 2.19. The van der Waals surface area contributed by atoms with E-state index < -0.39 is 10.4 Å². The second kappa shape index (κ2) is 10.6. The molecule has 0 spiro atoms. The second-order valence-electron chi connectivity index (χ2n) is 5.73. The van der Waals surface area contributed by atoms with Crippen molar-refractivity contribution in [1.82, 2.24) is 0 Å². The van der Waals surface area contributed by atoms with Gasteiger partial charge in [0.2, 0.25) is 0 Å². The van der Waals surface area contributed by atoms with Gasteiger partial charge in [0.1, 0.15) is 0 Å². The highest BCUT2D eigenvalue weighted by atomic mass is 32.3. The van der Waals surface area contributed by atoms with Crippen LogP contribution in [0.5, 0.6) is 0 Å². The summed E-state index contributed by atoms with van der Waals surface area (Å²) >= 11 is 0. The molecular weight excluding hydrogens is 266 g/mol. The van der Waals surface area contributed by atoms with Crippen LogP contribution in [-0.4, -0.2) is 23.1 Å². The van der Waals surface area contributed by atoms with Gasteiger partial charge >= 0.3 is 10.4 Å². The molecule has 0 aliphatic rings. The van der Waals surface area contributed by atoms with E-state index in [0.717, 1.165) is 0 Å². The van der Waals surface area contributed by atoms with E-state index in [2.05, 4.69) is 27.7 Å². The maximum atomic E-state index is 8.74. The molecule has 0 amide bonds. The maximum Gasteiger partial charge on any atom is 0.394 e. The Kier molecular flexibility index (Phi) is 11.8. The zero-order chi connectivity index (χ0) is 15.5. The van der Waals surface area contributed by atoms with E-state index in [1.807, 2.05) is 0 Å². The molecule has 5 nitrogen and oxygen atoms in total. The summed E-state index contributed by atoms with van der Waals surface area (Å²) in [6.07, 6.45) is 9.59. The smallest absolute Gasteiger partial charge is 0.325 e. The first-order valence-electron chi connectivity index (χ1n) is 6.97. The first-order chi connectivity index (χ1) is 8.48. The first kappa shape index (κ1) is 21.1. The van der Waals surface area contributed by atoms with Crippen LogP contribution in [0.2, 0.25) is 0 Å². The van der Waals surface area contributed by atoms with Crippen molar-refractivity contribution in [3.63, 3.8) is 0 Å². The Morgan fingerprint density at radius 3 is 1.79 bits per heavy atom. The van der Waals surface area contributed by atoms with Crippen molar-refractivity contribution in [3.05, 3.63) is 0 Å². The third kappa shape index (κ3) is 23.4. The molecule has 0 saturated heterocycles. The molecule has 0 bridgehead atoms. The summed E-state index contributed by atoms with van der Waals surface area (Å²) in [5, 5.41) is 0. The summed E-state index contributed by atoms with van der Waals surface area (Å²) in [6.45, 7) is 8.80. The molecule has 0 aliphatic carbocycles. The Balaban J connectivity index is 0. The second-order valence-corrected chi connectivity index (χ2v) is 6.62. The third-order valence-corrected chi connectivity index (χ3v) is 3.26. The van der Waals surface area contributed by atoms with Crippen LogP contribution in [-0.2, 0) is 10.4 Å². The highest BCUT2D eigenvalue weighted by molar-refractivity contribution is 7.79. The van der Waals surface area contributed by atoms with Crippen molar-refractivity contribution < 1.29 is 17.5 Å². The number of hydrogen-bond acceptors (Lipinski definition) is 3. The van der Waals surface area contributed by atoms with E-state index in [1.54, 1.807) is 0 Å². The molecule has 0 aromatic carbocycles. The van der Waals surface area contributed by atoms with E-state index >= 15 is 0 Å². The summed E-state index contributed by atoms with van der Waals surface area (Å²) < 4.78 is 31.6. The molecule has 0 aliphatic heterocycles. The van der Waals surface area contributed by atoms with Crippen molar-refractivity contribution in [1.29, 1.82) is 0 Å². The monoisotopic (exact) mass is 297 g/mol. The normalized spacial score (nSPS) is 13.6. The minimum atomic E-state index is -4.67. The van der Waals surface area contributed by atoms with Crippen LogP contribution in [0.25, 0.3) is 0 Å². The lowest BCUT2D eigenvalue weighted by atomic mass is 9.86. The molecule has 19 heavy (non-hydrogen) atoms. The van der Waals surface area contributed by atoms with Crippen molar-refractivity contribution in [2.24, 2.45) is 11.7 Å². The molecular formula is C13H31NO4S. The van der Waals surface area contributed by atoms with Crippen LogP contribution < -0.4 is 5.73 Å². The SMILES string of the molecule is CCCCCCCCC(C)C(C)(C)N.O=S(=O)(O)O. The minimum Gasteiger partial charge on any atom is -0.325 e. The first-order valence-corrected chi connectivity index (χ1v) is 8.37. The zero-order valence-corrected chi connectivity index (χ0v) is 13.5. The lowest BCUT2D eigenvalue weighted by Crippen LogP contribution is -2.39. The Bertz CT molecular complexity index is 288. The van der Waals surface area contributed by atoms with Crippen LogP contribution in [0, 0.1) is 5.92 Å². The number of rotatable bonds is 8. The Morgan fingerprint density at radius 1 is 1.05 bits per heavy atom. The van der Waals surface area contributed by atoms with Gasteiger partial charge in [0.15, 0.2) is 0 Å². The number of unbranched alkanes of at least 4 members (excludes halogenated alkanes) is 5. The van der Waals surface area contributed by atoms with Gasteiger partial charge in [-0.1, -0.05) is 52.4 Å². The van der Waals surface area contributed by atoms with Gasteiger partial charge in [-0.15, -0.1) is 0 Å². The fraction of sp³-hybridized carbons (Fsp3) is 1.00. The van der Waals surface area contributed by atoms with E-state index in [1.165, 1.54) is 44.9 Å². The lowest BCUT2D eigenvalue weighted by molar-refractivity contribution is 0.316. The average molecular weight is 297 g/mol. The predicted octanol–water partition coefficient (Wildman–Crippen LogP) is 3.46. The molecule has 4 N–H and O–H groups in total. The van der Waals surface area contributed by atoms with Crippen molar-refractivity contribution in [3.8, 4) is 0 Å². The maximum absolute atomic E-state index is 8.74. The molecule has 0 aromatic heterocycles. The third-order valence-electron chi connectivity index (χ3n) is 3.26. The summed E-state index contributed by atoms with van der Waals surface area (Å²) in [5.74, 6) is 0.647. The van der Waals surface area contributed by atoms with Crippen LogP contribution in [0.15, 0.2) is 0 Å². The molecule has 6 heteroatoms. The summed E-state index contributed by atoms with van der Waals surface area (Å²) in [6, 6.07) is 0. The van der Waals surface area contributed by atoms with E-state index in [9.17, 15) is 0 Å². The van der Waals surface area contributed by atoms with Crippen molar-refractivity contribution >= 4 is 10.4 Å². The van der Waals surface area contributed by atoms with E-state index in [0.29, 0.717) is 5.92 Å². The summed E-state index contributed by atoms with van der Waals surface area (Å²) in [5.41, 5.74) is 6.04. The van der Waals surface area contributed by atoms with Gasteiger partial charge < -0.3 is 5.73 Å². The van der Waals surface area contributed by atoms with Crippen LogP contribution in [0.4, 0.5) is 0 Å². The molecule has 0 saturated carbocycles. The quantitative estimate of drug-likeness (QED) is 0.470.